The molecule has 1 aliphatic heterocycles. The van der Waals surface area contributed by atoms with Crippen LogP contribution in [-0.2, 0) is 16.8 Å². The number of rotatable bonds is 5. The third kappa shape index (κ3) is 2.94. The Morgan fingerprint density at radius 2 is 1.93 bits per heavy atom. The third-order valence-electron chi connectivity index (χ3n) is 5.08. The maximum absolute atomic E-state index is 13.6. The van der Waals surface area contributed by atoms with Crippen molar-refractivity contribution in [3.05, 3.63) is 65.5 Å². The van der Waals surface area contributed by atoms with E-state index in [-0.39, 0.29) is 24.8 Å². The molecule has 0 unspecified atom stereocenters. The highest BCUT2D eigenvalue weighted by atomic mass is 19.1. The first-order valence-corrected chi connectivity index (χ1v) is 8.79. The van der Waals surface area contributed by atoms with Crippen molar-refractivity contribution in [2.45, 2.75) is 24.5 Å². The second kappa shape index (κ2) is 6.66. The predicted molar refractivity (Wildman–Crippen MR) is 94.6 cm³/mol. The molecule has 27 heavy (non-hydrogen) atoms. The molecular weight excluding hydrogens is 351 g/mol. The fourth-order valence-electron chi connectivity index (χ4n) is 3.77. The highest BCUT2D eigenvalue weighted by Crippen LogP contribution is 2.41. The van der Waals surface area contributed by atoms with Gasteiger partial charge in [0.2, 0.25) is 0 Å². The summed E-state index contributed by atoms with van der Waals surface area (Å²) in [6.45, 7) is -0.454. The van der Waals surface area contributed by atoms with Gasteiger partial charge in [-0.05, 0) is 36.1 Å². The van der Waals surface area contributed by atoms with E-state index < -0.39 is 23.5 Å². The Bertz CT molecular complexity index is 903. The summed E-state index contributed by atoms with van der Waals surface area (Å²) in [6, 6.07) is 12.8. The van der Waals surface area contributed by atoms with E-state index >= 15 is 0 Å². The second-order valence-electron chi connectivity index (χ2n) is 6.80. The number of aryl methyl sites for hydroxylation is 1. The monoisotopic (exact) mass is 370 g/mol. The number of halogens is 1. The molecule has 1 spiro atoms. The van der Waals surface area contributed by atoms with Crippen LogP contribution in [0.1, 0.15) is 17.5 Å². The van der Waals surface area contributed by atoms with Crippen molar-refractivity contribution in [3.63, 3.8) is 0 Å². The molecule has 2 aliphatic rings. The number of hydrogen-bond acceptors (Lipinski definition) is 4. The summed E-state index contributed by atoms with van der Waals surface area (Å²) in [6.07, 6.45) is 0.0654. The maximum Gasteiger partial charge on any atom is 0.325 e. The Kier molecular flexibility index (Phi) is 4.31. The minimum Gasteiger partial charge on any atom is -0.488 e. The zero-order valence-electron chi connectivity index (χ0n) is 14.5. The van der Waals surface area contributed by atoms with Gasteiger partial charge in [0.1, 0.15) is 18.2 Å². The normalized spacial score (nSPS) is 22.1. The first-order valence-electron chi connectivity index (χ1n) is 8.79. The first kappa shape index (κ1) is 17.5. The Labute approximate surface area is 155 Å². The fourth-order valence-corrected chi connectivity index (χ4v) is 3.77. The molecule has 4 rings (SSSR count). The number of hydrogen-bond donors (Lipinski definition) is 2. The summed E-state index contributed by atoms with van der Waals surface area (Å²) in [5.41, 5.74) is 0.791. The van der Waals surface area contributed by atoms with E-state index in [9.17, 15) is 19.1 Å². The fraction of sp³-hybridized carbons (Fsp3) is 0.300. The minimum absolute atomic E-state index is 0.00920. The lowest BCUT2D eigenvalue weighted by molar-refractivity contribution is -0.132. The summed E-state index contributed by atoms with van der Waals surface area (Å²) in [7, 11) is 0. The minimum atomic E-state index is -1.13. The molecule has 1 aliphatic carbocycles. The quantitative estimate of drug-likeness (QED) is 0.789. The van der Waals surface area contributed by atoms with Crippen molar-refractivity contribution in [3.8, 4) is 5.75 Å². The Morgan fingerprint density at radius 1 is 1.19 bits per heavy atom. The Morgan fingerprint density at radius 3 is 2.74 bits per heavy atom. The van der Waals surface area contributed by atoms with E-state index in [1.807, 2.05) is 24.3 Å². The van der Waals surface area contributed by atoms with Crippen molar-refractivity contribution >= 4 is 11.9 Å². The van der Waals surface area contributed by atoms with Crippen molar-refractivity contribution in [2.24, 2.45) is 0 Å². The van der Waals surface area contributed by atoms with E-state index in [4.69, 9.17) is 4.74 Å². The van der Waals surface area contributed by atoms with Crippen LogP contribution in [0.15, 0.2) is 48.5 Å². The number of aliphatic hydroxyl groups is 1. The number of carbonyl (C=O) groups excluding carboxylic acids is 2. The molecule has 0 radical (unpaired) electrons. The number of amides is 3. The molecule has 6 nitrogen and oxygen atoms in total. The molecule has 0 bridgehead atoms. The molecule has 1 fully saturated rings. The molecule has 2 aromatic carbocycles. The van der Waals surface area contributed by atoms with Crippen LogP contribution in [0.25, 0.3) is 0 Å². The van der Waals surface area contributed by atoms with Crippen LogP contribution in [0, 0.1) is 5.82 Å². The van der Waals surface area contributed by atoms with E-state index in [0.717, 1.165) is 16.0 Å². The molecule has 2 atom stereocenters. The molecule has 2 N–H and O–H groups in total. The van der Waals surface area contributed by atoms with E-state index in [0.29, 0.717) is 12.8 Å². The molecule has 3 amide bonds. The molecule has 0 saturated carbocycles. The lowest BCUT2D eigenvalue weighted by atomic mass is 9.92. The third-order valence-corrected chi connectivity index (χ3v) is 5.08. The van der Waals surface area contributed by atoms with E-state index in [2.05, 4.69) is 5.32 Å². The molecule has 0 aromatic heterocycles. The van der Waals surface area contributed by atoms with Gasteiger partial charge in [0, 0.05) is 0 Å². The number of fused-ring (bicyclic) bond motifs is 2. The smallest absolute Gasteiger partial charge is 0.325 e. The highest BCUT2D eigenvalue weighted by molar-refractivity contribution is 6.08. The van der Waals surface area contributed by atoms with Crippen LogP contribution in [0.5, 0.6) is 5.75 Å². The first-order chi connectivity index (χ1) is 13.0. The highest BCUT2D eigenvalue weighted by Gasteiger charge is 2.55. The van der Waals surface area contributed by atoms with E-state index in [1.54, 1.807) is 6.07 Å². The number of imide groups is 1. The summed E-state index contributed by atoms with van der Waals surface area (Å²) in [4.78, 5) is 26.4. The number of nitrogens with one attached hydrogen (secondary N) is 1. The van der Waals surface area contributed by atoms with Crippen LogP contribution in [0.3, 0.4) is 0 Å². The average Bonchev–Trinajstić information content (AvgIpc) is 3.15. The van der Waals surface area contributed by atoms with Crippen LogP contribution in [0.4, 0.5) is 9.18 Å². The van der Waals surface area contributed by atoms with Gasteiger partial charge in [-0.15, -0.1) is 0 Å². The number of urea groups is 1. The Hall–Kier alpha value is -2.93. The number of β-amino-alcohol motifs (C(OH)–C–C–N with tert-alkyl or cyclic N) is 1. The van der Waals surface area contributed by atoms with Gasteiger partial charge >= 0.3 is 6.03 Å². The van der Waals surface area contributed by atoms with Crippen molar-refractivity contribution in [2.75, 3.05) is 13.2 Å². The van der Waals surface area contributed by atoms with Crippen molar-refractivity contribution in [1.29, 1.82) is 0 Å². The standard InChI is InChI=1S/C20H19FN2O4/c21-16-7-3-4-8-17(16)27-12-14(24)11-23-18(25)20(22-19(23)26)10-9-13-5-1-2-6-15(13)20/h1-8,14,24H,9-12H2,(H,22,26)/t14-,20+/m1/s1. The molecule has 7 heteroatoms. The Balaban J connectivity index is 1.45. The summed E-state index contributed by atoms with van der Waals surface area (Å²) in [5, 5.41) is 13.0. The topological polar surface area (TPSA) is 78.9 Å². The van der Waals surface area contributed by atoms with Gasteiger partial charge in [-0.3, -0.25) is 9.69 Å². The van der Waals surface area contributed by atoms with Gasteiger partial charge in [-0.1, -0.05) is 36.4 Å². The van der Waals surface area contributed by atoms with E-state index in [1.165, 1.54) is 18.2 Å². The molecular formula is C20H19FN2O4. The summed E-state index contributed by atoms with van der Waals surface area (Å²) >= 11 is 0. The largest absolute Gasteiger partial charge is 0.488 e. The molecule has 2 aromatic rings. The lowest BCUT2D eigenvalue weighted by Crippen LogP contribution is -2.43. The van der Waals surface area contributed by atoms with Gasteiger partial charge in [0.05, 0.1) is 6.54 Å². The zero-order valence-corrected chi connectivity index (χ0v) is 14.5. The SMILES string of the molecule is O=C1N[C@]2(CCc3ccccc32)C(=O)N1C[C@@H](O)COc1ccccc1F. The van der Waals surface area contributed by atoms with Gasteiger partial charge < -0.3 is 15.2 Å². The van der Waals surface area contributed by atoms with Crippen molar-refractivity contribution < 1.29 is 23.8 Å². The maximum atomic E-state index is 13.6. The van der Waals surface area contributed by atoms with Crippen LogP contribution in [-0.4, -0.2) is 41.2 Å². The summed E-state index contributed by atoms with van der Waals surface area (Å²) in [5.74, 6) is -0.904. The molecule has 140 valence electrons. The number of para-hydroxylation sites is 1. The number of benzene rings is 2. The summed E-state index contributed by atoms with van der Waals surface area (Å²) < 4.78 is 18.8. The van der Waals surface area contributed by atoms with Crippen LogP contribution in [0.2, 0.25) is 0 Å². The average molecular weight is 370 g/mol. The van der Waals surface area contributed by atoms with Gasteiger partial charge in [0.25, 0.3) is 5.91 Å². The number of nitrogens with zero attached hydrogens (tertiary/aromatic N) is 1. The molecule has 1 heterocycles. The second-order valence-corrected chi connectivity index (χ2v) is 6.80. The predicted octanol–water partition coefficient (Wildman–Crippen LogP) is 1.96. The molecule has 1 saturated heterocycles. The number of carbonyl (C=O) groups is 2. The number of aliphatic hydroxyl groups excluding tert-OH is 1. The van der Waals surface area contributed by atoms with Gasteiger partial charge in [0.15, 0.2) is 11.6 Å². The van der Waals surface area contributed by atoms with Crippen molar-refractivity contribution in [1.82, 2.24) is 10.2 Å². The number of ether oxygens (including phenoxy) is 1. The van der Waals surface area contributed by atoms with Crippen LogP contribution < -0.4 is 10.1 Å². The van der Waals surface area contributed by atoms with Gasteiger partial charge in [-0.2, -0.15) is 0 Å². The lowest BCUT2D eigenvalue weighted by Gasteiger charge is -2.23. The van der Waals surface area contributed by atoms with Gasteiger partial charge in [-0.25, -0.2) is 9.18 Å². The zero-order chi connectivity index (χ0) is 19.0. The van der Waals surface area contributed by atoms with Crippen LogP contribution >= 0.6 is 0 Å².